The Bertz CT molecular complexity index is 890. The zero-order valence-corrected chi connectivity index (χ0v) is 24.7. The average molecular weight is 582 g/mol. The van der Waals surface area contributed by atoms with Crippen molar-refractivity contribution in [3.05, 3.63) is 0 Å². The van der Waals surface area contributed by atoms with Gasteiger partial charge in [-0.3, -0.25) is 0 Å². The quantitative estimate of drug-likeness (QED) is 0.187. The fourth-order valence-electron chi connectivity index (χ4n) is 3.95. The summed E-state index contributed by atoms with van der Waals surface area (Å²) in [6.45, 7) is 6.38. The van der Waals surface area contributed by atoms with E-state index < -0.39 is 59.8 Å². The van der Waals surface area contributed by atoms with Gasteiger partial charge in [0.05, 0.1) is 38.4 Å². The number of ether oxygens (including phenoxy) is 2. The van der Waals surface area contributed by atoms with Crippen LogP contribution < -0.4 is 0 Å². The standard InChI is InChI=1S/C20H34BNO10P2SSi/c1-20(2,3)36(4,5)32-17-14(10-23)29-19(21)18(17)31-34(35,26-8-6-7-22)27-11-15-16(30-33(24)25)12-9-13(12)28-15/h12-19,23H,6,8-11H2,1-5H3/p+1/t12?,13-,14+,15+,16-,17?,18+,19+,34?/m0/s1. The molecule has 4 unspecified atom stereocenters. The van der Waals surface area contributed by atoms with Crippen LogP contribution in [0.15, 0.2) is 0 Å². The number of nitriles is 1. The number of fused-ring (bicyclic) bond motifs is 1. The van der Waals surface area contributed by atoms with Gasteiger partial charge in [0.25, 0.3) is 0 Å². The molecule has 202 valence electrons. The van der Waals surface area contributed by atoms with Crippen molar-refractivity contribution in [2.45, 2.75) is 94.4 Å². The van der Waals surface area contributed by atoms with Gasteiger partial charge in [0.15, 0.2) is 8.32 Å². The predicted octanol–water partition coefficient (Wildman–Crippen LogP) is 2.64. The molecule has 2 aliphatic heterocycles. The van der Waals surface area contributed by atoms with Crippen LogP contribution in [-0.4, -0.2) is 88.6 Å². The van der Waals surface area contributed by atoms with E-state index in [1.165, 1.54) is 0 Å². The SMILES string of the molecule is [B][C@@H]1O[C@H](CO)C(O[Si](C)(C)C(C)(C)C)[C@H]1OP(=S)(OCCC#N)OC[C@H]1O[C@H]2CC2[C@@H]1O[P+](=O)O. The molecule has 2 radical (unpaired) electrons. The second kappa shape index (κ2) is 12.1. The summed E-state index contributed by atoms with van der Waals surface area (Å²) in [4.78, 5) is 9.22. The molecule has 2 heterocycles. The van der Waals surface area contributed by atoms with Crippen LogP contribution >= 0.6 is 15.0 Å². The van der Waals surface area contributed by atoms with Crippen molar-refractivity contribution in [3.8, 4) is 6.07 Å². The smallest absolute Gasteiger partial charge is 0.408 e. The molecule has 0 aromatic carbocycles. The third-order valence-electron chi connectivity index (χ3n) is 7.00. The number of nitrogens with zero attached hydrogens (tertiary/aromatic N) is 1. The van der Waals surface area contributed by atoms with Gasteiger partial charge in [0.1, 0.15) is 38.4 Å². The summed E-state index contributed by atoms with van der Waals surface area (Å²) >= 11 is 5.66. The number of rotatable bonds is 13. The van der Waals surface area contributed by atoms with Crippen LogP contribution in [0.1, 0.15) is 33.6 Å². The monoisotopic (exact) mass is 582 g/mol. The Morgan fingerprint density at radius 2 is 1.92 bits per heavy atom. The van der Waals surface area contributed by atoms with E-state index in [1.54, 1.807) is 0 Å². The molecule has 0 aromatic rings. The lowest BCUT2D eigenvalue weighted by molar-refractivity contribution is -0.0250. The Hall–Kier alpha value is 0.162. The van der Waals surface area contributed by atoms with Gasteiger partial charge >= 0.3 is 15.0 Å². The molecule has 0 amide bonds. The first-order valence-electron chi connectivity index (χ1n) is 11.8. The topological polar surface area (TPSA) is 146 Å². The molecular formula is C20H35BNO10P2SSi+. The van der Waals surface area contributed by atoms with Gasteiger partial charge in [-0.15, -0.1) is 9.42 Å². The van der Waals surface area contributed by atoms with E-state index in [9.17, 15) is 14.6 Å². The minimum absolute atomic E-state index is 0.0207. The molecule has 0 aromatic heterocycles. The van der Waals surface area contributed by atoms with Crippen molar-refractivity contribution in [1.82, 2.24) is 0 Å². The fourth-order valence-corrected chi connectivity index (χ4v) is 7.85. The molecule has 0 spiro atoms. The molecule has 16 heteroatoms. The van der Waals surface area contributed by atoms with Gasteiger partial charge in [0, 0.05) is 16.5 Å². The molecular weight excluding hydrogens is 547 g/mol. The van der Waals surface area contributed by atoms with Gasteiger partial charge in [-0.05, 0) is 36.4 Å². The zero-order chi connectivity index (χ0) is 26.9. The lowest BCUT2D eigenvalue weighted by Crippen LogP contribution is -2.50. The normalized spacial score (nSPS) is 36.2. The third-order valence-corrected chi connectivity index (χ3v) is 14.3. The average Bonchev–Trinajstić information content (AvgIpc) is 3.38. The predicted molar refractivity (Wildman–Crippen MR) is 136 cm³/mol. The summed E-state index contributed by atoms with van der Waals surface area (Å²) in [5, 5.41) is 18.8. The molecule has 2 saturated heterocycles. The number of hydrogen-bond acceptors (Lipinski definition) is 11. The maximum absolute atomic E-state index is 11.3. The van der Waals surface area contributed by atoms with Crippen LogP contribution in [0, 0.1) is 17.2 Å². The largest absolute Gasteiger partial charge is 0.695 e. The van der Waals surface area contributed by atoms with Crippen molar-refractivity contribution in [2.75, 3.05) is 19.8 Å². The highest BCUT2D eigenvalue weighted by molar-refractivity contribution is 8.07. The highest BCUT2D eigenvalue weighted by Gasteiger charge is 2.59. The first-order valence-corrected chi connectivity index (χ1v) is 18.4. The van der Waals surface area contributed by atoms with E-state index in [0.29, 0.717) is 0 Å². The molecule has 0 bridgehead atoms. The van der Waals surface area contributed by atoms with Crippen LogP contribution in [0.2, 0.25) is 18.1 Å². The van der Waals surface area contributed by atoms with E-state index in [1.807, 2.05) is 6.07 Å². The Kier molecular flexibility index (Phi) is 10.3. The van der Waals surface area contributed by atoms with E-state index >= 15 is 0 Å². The molecule has 36 heavy (non-hydrogen) atoms. The van der Waals surface area contributed by atoms with Gasteiger partial charge < -0.3 is 32.6 Å². The summed E-state index contributed by atoms with van der Waals surface area (Å²) < 4.78 is 52.4. The maximum atomic E-state index is 11.3. The Morgan fingerprint density at radius 1 is 1.22 bits per heavy atom. The summed E-state index contributed by atoms with van der Waals surface area (Å²) in [7, 11) is 1.08. The van der Waals surface area contributed by atoms with E-state index in [2.05, 4.69) is 33.9 Å². The fraction of sp³-hybridized carbons (Fsp3) is 0.950. The summed E-state index contributed by atoms with van der Waals surface area (Å²) in [6, 6.07) is 1.02. The maximum Gasteiger partial charge on any atom is 0.695 e. The second-order valence-electron chi connectivity index (χ2n) is 10.6. The van der Waals surface area contributed by atoms with Crippen LogP contribution in [0.5, 0.6) is 0 Å². The van der Waals surface area contributed by atoms with Crippen molar-refractivity contribution in [2.24, 2.45) is 5.92 Å². The Balaban J connectivity index is 1.76. The molecule has 3 fully saturated rings. The van der Waals surface area contributed by atoms with Crippen molar-refractivity contribution in [1.29, 1.82) is 5.26 Å². The van der Waals surface area contributed by atoms with E-state index in [-0.39, 0.29) is 43.3 Å². The van der Waals surface area contributed by atoms with E-state index in [0.717, 1.165) is 6.42 Å². The molecule has 1 saturated carbocycles. The van der Waals surface area contributed by atoms with Crippen molar-refractivity contribution < 1.29 is 46.6 Å². The molecule has 10 atom stereocenters. The van der Waals surface area contributed by atoms with Crippen LogP contribution in [0.4, 0.5) is 0 Å². The summed E-state index contributed by atoms with van der Waals surface area (Å²) in [5.41, 5.74) is 0. The Morgan fingerprint density at radius 3 is 2.50 bits per heavy atom. The zero-order valence-electron chi connectivity index (χ0n) is 21.1. The van der Waals surface area contributed by atoms with Crippen LogP contribution in [-0.2, 0) is 48.4 Å². The van der Waals surface area contributed by atoms with Gasteiger partial charge in [-0.25, -0.2) is 0 Å². The van der Waals surface area contributed by atoms with Gasteiger partial charge in [-0.2, -0.15) is 5.26 Å². The summed E-state index contributed by atoms with van der Waals surface area (Å²) in [6.07, 6.45) is -2.85. The van der Waals surface area contributed by atoms with Gasteiger partial charge in [-0.1, -0.05) is 20.8 Å². The number of hydrogen-bond donors (Lipinski definition) is 2. The molecule has 11 nitrogen and oxygen atoms in total. The van der Waals surface area contributed by atoms with Crippen molar-refractivity contribution >= 4 is 42.9 Å². The Labute approximate surface area is 220 Å². The van der Waals surface area contributed by atoms with E-state index in [4.69, 9.17) is 56.9 Å². The third kappa shape index (κ3) is 7.42. The number of aliphatic hydroxyl groups excluding tert-OH is 1. The first kappa shape index (κ1) is 30.7. The second-order valence-corrected chi connectivity index (χ2v) is 19.0. The highest BCUT2D eigenvalue weighted by Crippen LogP contribution is 2.55. The lowest BCUT2D eigenvalue weighted by Gasteiger charge is -2.41. The minimum Gasteiger partial charge on any atom is -0.408 e. The molecule has 3 rings (SSSR count). The molecule has 1 aliphatic carbocycles. The highest BCUT2D eigenvalue weighted by atomic mass is 32.5. The molecule has 2 N–H and O–H groups in total. The minimum atomic E-state index is -3.53. The van der Waals surface area contributed by atoms with Crippen LogP contribution in [0.25, 0.3) is 0 Å². The van der Waals surface area contributed by atoms with Gasteiger partial charge in [0.2, 0.25) is 0 Å². The van der Waals surface area contributed by atoms with Crippen LogP contribution in [0.3, 0.4) is 0 Å². The summed E-state index contributed by atoms with van der Waals surface area (Å²) in [5.74, 6) is 0.0207. The lowest BCUT2D eigenvalue weighted by atomic mass is 9.93. The first-order chi connectivity index (χ1) is 16.7. The number of aliphatic hydroxyl groups is 1. The molecule has 3 aliphatic rings. The van der Waals surface area contributed by atoms with Crippen molar-refractivity contribution in [3.63, 3.8) is 0 Å².